The average Bonchev–Trinajstić information content (AvgIpc) is 2.67. The molecule has 0 spiro atoms. The van der Waals surface area contributed by atoms with Crippen LogP contribution in [-0.2, 0) is 11.2 Å². The molecule has 0 saturated heterocycles. The van der Waals surface area contributed by atoms with Crippen LogP contribution in [0.25, 0.3) is 10.9 Å². The number of carbonyl (C=O) groups excluding carboxylic acids is 1. The first-order chi connectivity index (χ1) is 14.2. The summed E-state index contributed by atoms with van der Waals surface area (Å²) in [5, 5.41) is 13.1. The van der Waals surface area contributed by atoms with Crippen molar-refractivity contribution in [3.05, 3.63) is 29.0 Å². The summed E-state index contributed by atoms with van der Waals surface area (Å²) in [4.78, 5) is 28.5. The fraction of sp³-hybridized carbons (Fsp3) is 0.522. The maximum Gasteiger partial charge on any atom is 0.339 e. The van der Waals surface area contributed by atoms with Crippen LogP contribution >= 0.6 is 0 Å². The molecule has 1 amide bonds. The normalized spacial score (nSPS) is 19.1. The predicted octanol–water partition coefficient (Wildman–Crippen LogP) is 3.85. The quantitative estimate of drug-likeness (QED) is 0.663. The molecule has 162 valence electrons. The summed E-state index contributed by atoms with van der Waals surface area (Å²) >= 11 is 0. The number of nitrogen functional groups attached to an aromatic ring is 1. The average molecular weight is 414 g/mol. The molecule has 0 radical (unpaired) electrons. The number of aryl methyl sites for hydroxylation is 2. The Morgan fingerprint density at radius 1 is 1.27 bits per heavy atom. The summed E-state index contributed by atoms with van der Waals surface area (Å²) in [7, 11) is 0. The Kier molecular flexibility index (Phi) is 6.48. The number of aromatic nitrogens is 1. The minimum absolute atomic E-state index is 0.0124. The number of carboxylic acid groups (broad SMARTS) is 1. The molecule has 7 heteroatoms. The Labute approximate surface area is 177 Å². The molecule has 1 fully saturated rings. The number of nitrogens with one attached hydrogen (secondary N) is 1. The number of nitrogens with zero attached hydrogens (tertiary/aromatic N) is 1. The molecule has 1 aromatic heterocycles. The third kappa shape index (κ3) is 4.35. The zero-order valence-electron chi connectivity index (χ0n) is 18.1. The first-order valence-corrected chi connectivity index (χ1v) is 10.6. The largest absolute Gasteiger partial charge is 0.489 e. The van der Waals surface area contributed by atoms with Crippen molar-refractivity contribution in [2.75, 3.05) is 5.73 Å². The second-order valence-corrected chi connectivity index (χ2v) is 8.35. The molecule has 0 aliphatic heterocycles. The van der Waals surface area contributed by atoms with Crippen LogP contribution in [0.15, 0.2) is 12.1 Å². The zero-order valence-corrected chi connectivity index (χ0v) is 18.1. The highest BCUT2D eigenvalue weighted by molar-refractivity contribution is 6.07. The molecule has 1 saturated carbocycles. The SMILES string of the molecule is CCc1ccc2nc(C)c(C(=O)O)c(N)c2c1OC1CCC(C(=O)NC(C)C)CC1. The van der Waals surface area contributed by atoms with Crippen molar-refractivity contribution in [2.24, 2.45) is 5.92 Å². The summed E-state index contributed by atoms with van der Waals surface area (Å²) in [6.45, 7) is 7.60. The lowest BCUT2D eigenvalue weighted by atomic mass is 9.86. The van der Waals surface area contributed by atoms with Gasteiger partial charge >= 0.3 is 5.97 Å². The lowest BCUT2D eigenvalue weighted by Gasteiger charge is -2.30. The number of amides is 1. The van der Waals surface area contributed by atoms with Crippen molar-refractivity contribution in [3.8, 4) is 5.75 Å². The van der Waals surface area contributed by atoms with Crippen molar-refractivity contribution < 1.29 is 19.4 Å². The molecule has 0 bridgehead atoms. The van der Waals surface area contributed by atoms with E-state index in [1.54, 1.807) is 6.92 Å². The minimum Gasteiger partial charge on any atom is -0.489 e. The summed E-state index contributed by atoms with van der Waals surface area (Å²) in [5.74, 6) is -0.349. The molecule has 0 atom stereocenters. The molecule has 4 N–H and O–H groups in total. The smallest absolute Gasteiger partial charge is 0.339 e. The van der Waals surface area contributed by atoms with E-state index in [1.165, 1.54) is 0 Å². The van der Waals surface area contributed by atoms with E-state index in [1.807, 2.05) is 32.9 Å². The van der Waals surface area contributed by atoms with Crippen LogP contribution in [-0.4, -0.2) is 34.1 Å². The first kappa shape index (κ1) is 21.9. The Hall–Kier alpha value is -2.83. The monoisotopic (exact) mass is 413 g/mol. The Bertz CT molecular complexity index is 963. The lowest BCUT2D eigenvalue weighted by molar-refractivity contribution is -0.126. The van der Waals surface area contributed by atoms with Gasteiger partial charge in [0.1, 0.15) is 11.3 Å². The number of pyridine rings is 1. The fourth-order valence-electron chi connectivity index (χ4n) is 4.22. The van der Waals surface area contributed by atoms with Crippen LogP contribution in [0, 0.1) is 12.8 Å². The van der Waals surface area contributed by atoms with E-state index >= 15 is 0 Å². The van der Waals surface area contributed by atoms with Gasteiger partial charge in [-0.25, -0.2) is 4.79 Å². The molecule has 1 heterocycles. The van der Waals surface area contributed by atoms with Gasteiger partial charge in [-0.2, -0.15) is 0 Å². The first-order valence-electron chi connectivity index (χ1n) is 10.6. The molecule has 2 aromatic rings. The number of carboxylic acids is 1. The maximum atomic E-state index is 12.3. The van der Waals surface area contributed by atoms with Crippen LogP contribution in [0.1, 0.15) is 68.1 Å². The van der Waals surface area contributed by atoms with Gasteiger partial charge in [-0.1, -0.05) is 13.0 Å². The summed E-state index contributed by atoms with van der Waals surface area (Å²) in [6.07, 6.45) is 3.75. The second-order valence-electron chi connectivity index (χ2n) is 8.35. The minimum atomic E-state index is -1.09. The fourth-order valence-corrected chi connectivity index (χ4v) is 4.22. The van der Waals surface area contributed by atoms with Gasteiger partial charge in [-0.3, -0.25) is 9.78 Å². The number of anilines is 1. The van der Waals surface area contributed by atoms with E-state index in [-0.39, 0.29) is 35.2 Å². The zero-order chi connectivity index (χ0) is 22.0. The van der Waals surface area contributed by atoms with Crippen LogP contribution in [0.2, 0.25) is 0 Å². The number of benzene rings is 1. The number of carbonyl (C=O) groups is 2. The molecule has 1 aromatic carbocycles. The highest BCUT2D eigenvalue weighted by Crippen LogP contribution is 2.39. The summed E-state index contributed by atoms with van der Waals surface area (Å²) in [5.41, 5.74) is 8.51. The van der Waals surface area contributed by atoms with E-state index < -0.39 is 5.97 Å². The summed E-state index contributed by atoms with van der Waals surface area (Å²) < 4.78 is 6.41. The molecular weight excluding hydrogens is 382 g/mol. The number of nitrogens with two attached hydrogens (primary N) is 1. The van der Waals surface area contributed by atoms with E-state index in [0.717, 1.165) is 37.7 Å². The van der Waals surface area contributed by atoms with Gasteiger partial charge in [0.05, 0.1) is 28.4 Å². The maximum absolute atomic E-state index is 12.3. The van der Waals surface area contributed by atoms with Gasteiger partial charge in [0.15, 0.2) is 0 Å². The van der Waals surface area contributed by atoms with Crippen molar-refractivity contribution >= 4 is 28.5 Å². The number of ether oxygens (including phenoxy) is 1. The Morgan fingerprint density at radius 3 is 2.50 bits per heavy atom. The molecule has 3 rings (SSSR count). The molecule has 30 heavy (non-hydrogen) atoms. The number of fused-ring (bicyclic) bond motifs is 1. The van der Waals surface area contributed by atoms with Gasteiger partial charge in [-0.15, -0.1) is 0 Å². The van der Waals surface area contributed by atoms with Gasteiger partial charge in [0, 0.05) is 12.0 Å². The molecule has 1 aliphatic rings. The number of aromatic carboxylic acids is 1. The highest BCUT2D eigenvalue weighted by Gasteiger charge is 2.29. The number of hydrogen-bond donors (Lipinski definition) is 3. The van der Waals surface area contributed by atoms with E-state index in [2.05, 4.69) is 10.3 Å². The molecule has 1 aliphatic carbocycles. The van der Waals surface area contributed by atoms with Gasteiger partial charge in [-0.05, 0) is 64.5 Å². The van der Waals surface area contributed by atoms with E-state index in [4.69, 9.17) is 10.5 Å². The third-order valence-electron chi connectivity index (χ3n) is 5.76. The predicted molar refractivity (Wildman–Crippen MR) is 117 cm³/mol. The Balaban J connectivity index is 1.90. The third-order valence-corrected chi connectivity index (χ3v) is 5.76. The number of hydrogen-bond acceptors (Lipinski definition) is 5. The van der Waals surface area contributed by atoms with Gasteiger partial charge in [0.2, 0.25) is 5.91 Å². The lowest BCUT2D eigenvalue weighted by Crippen LogP contribution is -2.38. The van der Waals surface area contributed by atoms with Crippen molar-refractivity contribution in [1.29, 1.82) is 0 Å². The van der Waals surface area contributed by atoms with Crippen LogP contribution in [0.4, 0.5) is 5.69 Å². The second kappa shape index (κ2) is 8.90. The van der Waals surface area contributed by atoms with Crippen LogP contribution in [0.3, 0.4) is 0 Å². The molecular formula is C23H31N3O4. The summed E-state index contributed by atoms with van der Waals surface area (Å²) in [6, 6.07) is 3.96. The Morgan fingerprint density at radius 2 is 1.93 bits per heavy atom. The van der Waals surface area contributed by atoms with E-state index in [0.29, 0.717) is 22.3 Å². The van der Waals surface area contributed by atoms with Gasteiger partial charge in [0.25, 0.3) is 0 Å². The van der Waals surface area contributed by atoms with Crippen molar-refractivity contribution in [3.63, 3.8) is 0 Å². The van der Waals surface area contributed by atoms with E-state index in [9.17, 15) is 14.7 Å². The topological polar surface area (TPSA) is 115 Å². The van der Waals surface area contributed by atoms with Crippen LogP contribution < -0.4 is 15.8 Å². The van der Waals surface area contributed by atoms with Crippen LogP contribution in [0.5, 0.6) is 5.75 Å². The van der Waals surface area contributed by atoms with Crippen molar-refractivity contribution in [2.45, 2.75) is 71.9 Å². The molecule has 7 nitrogen and oxygen atoms in total. The standard InChI is InChI=1S/C23H31N3O4/c1-5-14-8-11-17-19(20(24)18(23(28)29)13(4)26-17)21(14)30-16-9-6-15(7-10-16)22(27)25-12(2)3/h8,11-12,15-16H,5-7,9-10H2,1-4H3,(H2,24,26)(H,25,27)(H,28,29). The highest BCUT2D eigenvalue weighted by atomic mass is 16.5. The van der Waals surface area contributed by atoms with Gasteiger partial charge < -0.3 is 20.9 Å². The molecule has 0 unspecified atom stereocenters. The van der Waals surface area contributed by atoms with Crippen molar-refractivity contribution in [1.82, 2.24) is 10.3 Å². The number of rotatable bonds is 6.